The number of carbonyl (C=O) groups is 3. The maximum atomic E-state index is 12.9. The van der Waals surface area contributed by atoms with Gasteiger partial charge in [-0.25, -0.2) is 0 Å². The molecule has 0 saturated heterocycles. The van der Waals surface area contributed by atoms with Crippen LogP contribution in [0.5, 0.6) is 5.75 Å². The minimum atomic E-state index is -0.312. The van der Waals surface area contributed by atoms with Crippen molar-refractivity contribution in [1.29, 1.82) is 0 Å². The molecule has 0 bridgehead atoms. The van der Waals surface area contributed by atoms with Crippen molar-refractivity contribution in [1.82, 2.24) is 4.90 Å². The van der Waals surface area contributed by atoms with E-state index in [1.807, 2.05) is 49.4 Å². The predicted molar refractivity (Wildman–Crippen MR) is 119 cm³/mol. The monoisotopic (exact) mass is 416 g/mol. The highest BCUT2D eigenvalue weighted by Crippen LogP contribution is 2.30. The molecule has 0 unspecified atom stereocenters. The number of carbonyl (C=O) groups excluding carboxylic acids is 3. The first-order valence-corrected chi connectivity index (χ1v) is 10.5. The molecule has 6 heteroatoms. The number of hydrogen-bond acceptors (Lipinski definition) is 4. The summed E-state index contributed by atoms with van der Waals surface area (Å²) in [5.41, 5.74) is 1.67. The molecule has 0 spiro atoms. The average molecular weight is 416 g/mol. The molecule has 0 aliphatic carbocycles. The minimum absolute atomic E-state index is 0.184. The maximum absolute atomic E-state index is 12.9. The predicted octanol–water partition coefficient (Wildman–Crippen LogP) is 4.64. The van der Waals surface area contributed by atoms with Crippen molar-refractivity contribution in [2.45, 2.75) is 26.2 Å². The first kappa shape index (κ1) is 20.6. The molecule has 0 fully saturated rings. The Bertz CT molecular complexity index is 1100. The summed E-state index contributed by atoms with van der Waals surface area (Å²) >= 11 is 0. The van der Waals surface area contributed by atoms with E-state index in [-0.39, 0.29) is 30.7 Å². The van der Waals surface area contributed by atoms with E-state index >= 15 is 0 Å². The van der Waals surface area contributed by atoms with Crippen molar-refractivity contribution in [3.8, 4) is 5.75 Å². The lowest BCUT2D eigenvalue weighted by Gasteiger charge is -2.27. The summed E-state index contributed by atoms with van der Waals surface area (Å²) < 4.78 is 5.66. The molecule has 0 atom stereocenters. The number of rotatable bonds is 8. The van der Waals surface area contributed by atoms with Crippen LogP contribution < -0.4 is 10.1 Å². The summed E-state index contributed by atoms with van der Waals surface area (Å²) in [5, 5.41) is 4.44. The van der Waals surface area contributed by atoms with Crippen molar-refractivity contribution in [2.24, 2.45) is 0 Å². The van der Waals surface area contributed by atoms with Crippen LogP contribution in [0.1, 0.15) is 46.9 Å². The van der Waals surface area contributed by atoms with Gasteiger partial charge < -0.3 is 10.1 Å². The van der Waals surface area contributed by atoms with E-state index in [1.165, 1.54) is 4.90 Å². The number of hydrogen-bond donors (Lipinski definition) is 1. The van der Waals surface area contributed by atoms with Crippen LogP contribution in [0.4, 0.5) is 5.69 Å². The highest BCUT2D eigenvalue weighted by Gasteiger charge is 2.32. The Morgan fingerprint density at radius 3 is 2.29 bits per heavy atom. The molecule has 31 heavy (non-hydrogen) atoms. The third-order valence-corrected chi connectivity index (χ3v) is 5.26. The molecule has 6 nitrogen and oxygen atoms in total. The van der Waals surface area contributed by atoms with Gasteiger partial charge in [0.2, 0.25) is 5.91 Å². The number of nitrogens with zero attached hydrogens (tertiary/aromatic N) is 1. The summed E-state index contributed by atoms with van der Waals surface area (Å²) in [6.07, 6.45) is 1.43. The first-order valence-electron chi connectivity index (χ1n) is 10.5. The second kappa shape index (κ2) is 9.00. The summed E-state index contributed by atoms with van der Waals surface area (Å²) in [4.78, 5) is 39.5. The number of imide groups is 1. The molecule has 1 aliphatic heterocycles. The van der Waals surface area contributed by atoms with E-state index < -0.39 is 0 Å². The molecule has 0 radical (unpaired) electrons. The molecule has 1 aliphatic rings. The van der Waals surface area contributed by atoms with Gasteiger partial charge >= 0.3 is 0 Å². The number of anilines is 1. The summed E-state index contributed by atoms with van der Waals surface area (Å²) in [7, 11) is 0. The van der Waals surface area contributed by atoms with Crippen LogP contribution >= 0.6 is 0 Å². The second-order valence-electron chi connectivity index (χ2n) is 7.47. The highest BCUT2D eigenvalue weighted by atomic mass is 16.5. The van der Waals surface area contributed by atoms with Gasteiger partial charge in [-0.1, -0.05) is 43.3 Å². The molecule has 1 N–H and O–H groups in total. The van der Waals surface area contributed by atoms with Crippen LogP contribution in [-0.2, 0) is 4.79 Å². The van der Waals surface area contributed by atoms with Gasteiger partial charge in [0.1, 0.15) is 5.75 Å². The first-order chi connectivity index (χ1) is 15.1. The lowest BCUT2D eigenvalue weighted by molar-refractivity contribution is -0.116. The quantitative estimate of drug-likeness (QED) is 0.543. The molecule has 0 saturated carbocycles. The zero-order valence-electron chi connectivity index (χ0n) is 17.4. The van der Waals surface area contributed by atoms with E-state index in [0.29, 0.717) is 41.0 Å². The lowest BCUT2D eigenvalue weighted by Crippen LogP contribution is -2.41. The highest BCUT2D eigenvalue weighted by molar-refractivity contribution is 6.25. The van der Waals surface area contributed by atoms with Crippen LogP contribution in [0.25, 0.3) is 10.8 Å². The summed E-state index contributed by atoms with van der Waals surface area (Å²) in [6, 6.07) is 18.2. The molecule has 1 heterocycles. The Morgan fingerprint density at radius 2 is 1.61 bits per heavy atom. The van der Waals surface area contributed by atoms with Crippen molar-refractivity contribution in [3.05, 3.63) is 71.8 Å². The lowest BCUT2D eigenvalue weighted by atomic mass is 9.94. The average Bonchev–Trinajstić information content (AvgIpc) is 2.79. The SMILES string of the molecule is CCCOc1ccccc1NC(=O)CCCN1C(=O)c2cccc3cccc(c23)C1=O. The van der Waals surface area contributed by atoms with Gasteiger partial charge in [-0.05, 0) is 42.5 Å². The maximum Gasteiger partial charge on any atom is 0.261 e. The molecule has 3 amide bonds. The molecular formula is C25H24N2O4. The van der Waals surface area contributed by atoms with Crippen LogP contribution in [0, 0.1) is 0 Å². The van der Waals surface area contributed by atoms with E-state index in [4.69, 9.17) is 4.74 Å². The minimum Gasteiger partial charge on any atom is -0.491 e. The zero-order valence-corrected chi connectivity index (χ0v) is 17.4. The van der Waals surface area contributed by atoms with Gasteiger partial charge in [-0.2, -0.15) is 0 Å². The number of amides is 3. The normalized spacial score (nSPS) is 12.9. The van der Waals surface area contributed by atoms with Gasteiger partial charge in [0.25, 0.3) is 11.8 Å². The summed E-state index contributed by atoms with van der Waals surface area (Å²) in [5.74, 6) is -0.184. The van der Waals surface area contributed by atoms with Gasteiger partial charge in [-0.15, -0.1) is 0 Å². The molecule has 3 aromatic rings. The standard InChI is InChI=1S/C25H24N2O4/c1-2-16-31-21-13-4-3-12-20(21)26-22(28)14-7-15-27-24(29)18-10-5-8-17-9-6-11-19(23(17)18)25(27)30/h3-6,8-13H,2,7,14-16H2,1H3,(H,26,28). The van der Waals surface area contributed by atoms with E-state index in [2.05, 4.69) is 5.32 Å². The van der Waals surface area contributed by atoms with Crippen LogP contribution in [0.3, 0.4) is 0 Å². The van der Waals surface area contributed by atoms with Gasteiger partial charge in [0.15, 0.2) is 0 Å². The van der Waals surface area contributed by atoms with Gasteiger partial charge in [-0.3, -0.25) is 19.3 Å². The Hall–Kier alpha value is -3.67. The van der Waals surface area contributed by atoms with Crippen LogP contribution in [-0.4, -0.2) is 35.8 Å². The Morgan fingerprint density at radius 1 is 0.935 bits per heavy atom. The fourth-order valence-electron chi connectivity index (χ4n) is 3.80. The van der Waals surface area contributed by atoms with Crippen molar-refractivity contribution in [3.63, 3.8) is 0 Å². The van der Waals surface area contributed by atoms with Gasteiger partial charge in [0.05, 0.1) is 12.3 Å². The smallest absolute Gasteiger partial charge is 0.261 e. The third kappa shape index (κ3) is 4.14. The molecule has 0 aromatic heterocycles. The van der Waals surface area contributed by atoms with E-state index in [0.717, 1.165) is 11.8 Å². The van der Waals surface area contributed by atoms with E-state index in [1.54, 1.807) is 18.2 Å². The van der Waals surface area contributed by atoms with Crippen LogP contribution in [0.2, 0.25) is 0 Å². The molecule has 4 rings (SSSR count). The third-order valence-electron chi connectivity index (χ3n) is 5.26. The Balaban J connectivity index is 1.40. The Kier molecular flexibility index (Phi) is 5.98. The van der Waals surface area contributed by atoms with Crippen molar-refractivity contribution >= 4 is 34.2 Å². The van der Waals surface area contributed by atoms with Crippen molar-refractivity contribution in [2.75, 3.05) is 18.5 Å². The van der Waals surface area contributed by atoms with Crippen LogP contribution in [0.15, 0.2) is 60.7 Å². The number of para-hydroxylation sites is 2. The number of ether oxygens (including phenoxy) is 1. The topological polar surface area (TPSA) is 75.7 Å². The largest absolute Gasteiger partial charge is 0.491 e. The number of benzene rings is 3. The van der Waals surface area contributed by atoms with Gasteiger partial charge in [0, 0.05) is 29.5 Å². The molecule has 3 aromatic carbocycles. The molecule has 158 valence electrons. The van der Waals surface area contributed by atoms with Crippen molar-refractivity contribution < 1.29 is 19.1 Å². The Labute approximate surface area is 180 Å². The number of nitrogens with one attached hydrogen (secondary N) is 1. The second-order valence-corrected chi connectivity index (χ2v) is 7.47. The zero-order chi connectivity index (χ0) is 21.8. The van der Waals surface area contributed by atoms with E-state index in [9.17, 15) is 14.4 Å². The molecular weight excluding hydrogens is 392 g/mol. The fraction of sp³-hybridized carbons (Fsp3) is 0.240. The summed E-state index contributed by atoms with van der Waals surface area (Å²) in [6.45, 7) is 2.77. The fourth-order valence-corrected chi connectivity index (χ4v) is 3.80.